The zero-order valence-corrected chi connectivity index (χ0v) is 21.0. The largest absolute Gasteiger partial charge is 0.295 e. The molecule has 4 rings (SSSR count). The maximum absolute atomic E-state index is 13.2. The fourth-order valence-corrected chi connectivity index (χ4v) is 4.38. The number of aromatic amines is 1. The summed E-state index contributed by atoms with van der Waals surface area (Å²) in [5, 5.41) is 19.7. The third-order valence-corrected chi connectivity index (χ3v) is 6.30. The van der Waals surface area contributed by atoms with Gasteiger partial charge in [-0.25, -0.2) is 9.67 Å². The van der Waals surface area contributed by atoms with Gasteiger partial charge in [-0.15, -0.1) is 0 Å². The molecule has 0 radical (unpaired) electrons. The van der Waals surface area contributed by atoms with Gasteiger partial charge in [-0.1, -0.05) is 29.3 Å². The van der Waals surface area contributed by atoms with Gasteiger partial charge in [-0.05, 0) is 57.5 Å². The summed E-state index contributed by atoms with van der Waals surface area (Å²) in [6.07, 6.45) is 0. The number of rotatable bonds is 6. The van der Waals surface area contributed by atoms with Crippen molar-refractivity contribution in [3.63, 3.8) is 0 Å². The molecule has 0 fully saturated rings. The highest BCUT2D eigenvalue weighted by Gasteiger charge is 2.18. The minimum absolute atomic E-state index is 0.0501. The number of benzene rings is 2. The van der Waals surface area contributed by atoms with Crippen LogP contribution in [-0.2, 0) is 6.54 Å². The molecule has 0 aliphatic rings. The van der Waals surface area contributed by atoms with Crippen LogP contribution in [0, 0.1) is 30.9 Å². The molecule has 11 heteroatoms. The normalized spacial score (nSPS) is 11.8. The van der Waals surface area contributed by atoms with E-state index in [9.17, 15) is 14.9 Å². The number of hydrogen-bond acceptors (Lipinski definition) is 5. The molecule has 180 valence electrons. The van der Waals surface area contributed by atoms with Crippen LogP contribution in [0.25, 0.3) is 5.69 Å². The summed E-state index contributed by atoms with van der Waals surface area (Å²) in [5.74, 6) is 0. The van der Waals surface area contributed by atoms with Gasteiger partial charge in [0, 0.05) is 27.9 Å². The van der Waals surface area contributed by atoms with Crippen LogP contribution < -0.4 is 5.56 Å². The van der Waals surface area contributed by atoms with Crippen LogP contribution in [-0.4, -0.2) is 30.2 Å². The van der Waals surface area contributed by atoms with Crippen LogP contribution in [0.5, 0.6) is 0 Å². The number of nitro benzene ring substituents is 1. The molecular formula is C24H22Cl2N6O3. The summed E-state index contributed by atoms with van der Waals surface area (Å²) in [6.45, 7) is 7.77. The molecule has 0 amide bonds. The number of nitrogens with zero attached hydrogens (tertiary/aromatic N) is 5. The van der Waals surface area contributed by atoms with E-state index in [4.69, 9.17) is 28.2 Å². The van der Waals surface area contributed by atoms with Gasteiger partial charge in [0.1, 0.15) is 5.69 Å². The summed E-state index contributed by atoms with van der Waals surface area (Å²) in [5.41, 5.74) is 4.82. The van der Waals surface area contributed by atoms with E-state index in [0.29, 0.717) is 44.9 Å². The smallest absolute Gasteiger partial charge is 0.280 e. The van der Waals surface area contributed by atoms with E-state index in [1.165, 1.54) is 28.9 Å². The minimum Gasteiger partial charge on any atom is -0.295 e. The first-order valence-electron chi connectivity index (χ1n) is 10.7. The van der Waals surface area contributed by atoms with E-state index >= 15 is 0 Å². The maximum Gasteiger partial charge on any atom is 0.280 e. The lowest BCUT2D eigenvalue weighted by Crippen LogP contribution is -2.19. The van der Waals surface area contributed by atoms with Crippen molar-refractivity contribution in [2.75, 3.05) is 0 Å². The molecule has 0 atom stereocenters. The van der Waals surface area contributed by atoms with Crippen LogP contribution in [0.4, 0.5) is 11.4 Å². The number of hydrogen-bond donors (Lipinski definition) is 1. The second-order valence-corrected chi connectivity index (χ2v) is 8.98. The molecule has 2 aromatic carbocycles. The SMILES string of the molecule is CC(=Nc1c(C)nn(Cc2ccc(Cl)cc2Cl)c1C)c1c(C)[nH]n(-c2ccc([N+](=O)[O-])cc2)c1=O. The van der Waals surface area contributed by atoms with Crippen LogP contribution in [0.15, 0.2) is 52.3 Å². The number of nitrogens with one attached hydrogen (secondary N) is 1. The van der Waals surface area contributed by atoms with Crippen LogP contribution in [0.1, 0.15) is 35.1 Å². The number of H-pyrrole nitrogens is 1. The summed E-state index contributed by atoms with van der Waals surface area (Å²) >= 11 is 12.3. The van der Waals surface area contributed by atoms with Gasteiger partial charge >= 0.3 is 0 Å². The fourth-order valence-electron chi connectivity index (χ4n) is 3.92. The predicted octanol–water partition coefficient (Wildman–Crippen LogP) is 5.69. The van der Waals surface area contributed by atoms with Crippen molar-refractivity contribution in [2.45, 2.75) is 34.2 Å². The Kier molecular flexibility index (Phi) is 6.64. The Labute approximate surface area is 210 Å². The average molecular weight is 513 g/mol. The number of aliphatic imine (C=N–C) groups is 1. The Balaban J connectivity index is 1.68. The highest BCUT2D eigenvalue weighted by atomic mass is 35.5. The lowest BCUT2D eigenvalue weighted by Gasteiger charge is -2.07. The molecule has 0 aliphatic carbocycles. The number of aryl methyl sites for hydroxylation is 2. The van der Waals surface area contributed by atoms with E-state index in [0.717, 1.165) is 17.0 Å². The molecule has 0 bridgehead atoms. The van der Waals surface area contributed by atoms with E-state index in [2.05, 4.69) is 10.2 Å². The molecule has 2 aromatic heterocycles. The molecule has 0 saturated heterocycles. The van der Waals surface area contributed by atoms with E-state index in [-0.39, 0.29) is 11.2 Å². The van der Waals surface area contributed by atoms with Gasteiger partial charge in [0.25, 0.3) is 11.2 Å². The topological polar surface area (TPSA) is 111 Å². The third-order valence-electron chi connectivity index (χ3n) is 5.71. The third kappa shape index (κ3) is 4.78. The molecule has 2 heterocycles. The number of non-ortho nitro benzene ring substituents is 1. The van der Waals surface area contributed by atoms with Crippen molar-refractivity contribution in [2.24, 2.45) is 4.99 Å². The summed E-state index contributed by atoms with van der Waals surface area (Å²) in [6, 6.07) is 11.1. The lowest BCUT2D eigenvalue weighted by molar-refractivity contribution is -0.384. The van der Waals surface area contributed by atoms with Crippen LogP contribution >= 0.6 is 23.2 Å². The first-order chi connectivity index (χ1) is 16.6. The Morgan fingerprint density at radius 1 is 1.14 bits per heavy atom. The molecule has 1 N–H and O–H groups in total. The number of halogens is 2. The summed E-state index contributed by atoms with van der Waals surface area (Å²) < 4.78 is 3.16. The molecule has 0 saturated carbocycles. The van der Waals surface area contributed by atoms with Gasteiger partial charge in [-0.2, -0.15) is 5.10 Å². The van der Waals surface area contributed by atoms with Gasteiger partial charge < -0.3 is 0 Å². The molecule has 0 unspecified atom stereocenters. The Morgan fingerprint density at radius 3 is 2.46 bits per heavy atom. The monoisotopic (exact) mass is 512 g/mol. The number of nitro groups is 1. The zero-order chi connectivity index (χ0) is 25.4. The van der Waals surface area contributed by atoms with Crippen molar-refractivity contribution >= 4 is 40.3 Å². The zero-order valence-electron chi connectivity index (χ0n) is 19.5. The molecule has 0 aliphatic heterocycles. The van der Waals surface area contributed by atoms with E-state index in [1.807, 2.05) is 24.6 Å². The van der Waals surface area contributed by atoms with Gasteiger partial charge in [0.15, 0.2) is 0 Å². The second kappa shape index (κ2) is 9.52. The first-order valence-corrected chi connectivity index (χ1v) is 11.4. The fraction of sp³-hybridized carbons (Fsp3) is 0.208. The second-order valence-electron chi connectivity index (χ2n) is 8.14. The predicted molar refractivity (Wildman–Crippen MR) is 137 cm³/mol. The Hall–Kier alpha value is -3.69. The highest BCUT2D eigenvalue weighted by Crippen LogP contribution is 2.27. The first kappa shape index (κ1) is 24.4. The maximum atomic E-state index is 13.2. The van der Waals surface area contributed by atoms with Gasteiger partial charge in [-0.3, -0.25) is 24.7 Å². The molecule has 35 heavy (non-hydrogen) atoms. The van der Waals surface area contributed by atoms with Crippen molar-refractivity contribution in [3.05, 3.63) is 101 Å². The average Bonchev–Trinajstić information content (AvgIpc) is 3.25. The van der Waals surface area contributed by atoms with Crippen molar-refractivity contribution in [3.8, 4) is 5.69 Å². The quantitative estimate of drug-likeness (QED) is 0.203. The van der Waals surface area contributed by atoms with Crippen molar-refractivity contribution in [1.29, 1.82) is 0 Å². The van der Waals surface area contributed by atoms with Crippen molar-refractivity contribution < 1.29 is 4.92 Å². The van der Waals surface area contributed by atoms with Gasteiger partial charge in [0.2, 0.25) is 0 Å². The highest BCUT2D eigenvalue weighted by molar-refractivity contribution is 6.35. The molecular weight excluding hydrogens is 491 g/mol. The van der Waals surface area contributed by atoms with Crippen molar-refractivity contribution in [1.82, 2.24) is 19.6 Å². The summed E-state index contributed by atoms with van der Waals surface area (Å²) in [4.78, 5) is 28.4. The van der Waals surface area contributed by atoms with Crippen LogP contribution in [0.3, 0.4) is 0 Å². The lowest BCUT2D eigenvalue weighted by atomic mass is 10.1. The molecule has 9 nitrogen and oxygen atoms in total. The Morgan fingerprint density at radius 2 is 1.83 bits per heavy atom. The Bertz CT molecular complexity index is 1530. The molecule has 4 aromatic rings. The minimum atomic E-state index is -0.486. The standard InChI is InChI=1S/C24H22Cl2N6O3/c1-13(22-14(2)29-31(24(22)33)19-7-9-20(10-8-19)32(34)35)27-23-15(3)28-30(16(23)4)12-17-5-6-18(25)11-21(17)26/h5-11,29H,12H2,1-4H3. The van der Waals surface area contributed by atoms with E-state index in [1.54, 1.807) is 26.0 Å². The molecule has 0 spiro atoms. The van der Waals surface area contributed by atoms with Crippen LogP contribution in [0.2, 0.25) is 10.0 Å². The van der Waals surface area contributed by atoms with Gasteiger partial charge in [0.05, 0.1) is 39.8 Å². The summed E-state index contributed by atoms with van der Waals surface area (Å²) in [7, 11) is 0. The van der Waals surface area contributed by atoms with E-state index < -0.39 is 4.92 Å². The number of aromatic nitrogens is 4.